The van der Waals surface area contributed by atoms with Crippen LogP contribution in [0.5, 0.6) is 0 Å². The Morgan fingerprint density at radius 2 is 1.84 bits per heavy atom. The molecule has 1 saturated heterocycles. The molecule has 2 aliphatic rings. The van der Waals surface area contributed by atoms with Crippen molar-refractivity contribution in [3.8, 4) is 0 Å². The molecule has 0 radical (unpaired) electrons. The van der Waals surface area contributed by atoms with Gasteiger partial charge in [-0.25, -0.2) is 0 Å². The molecule has 5 nitrogen and oxygen atoms in total. The number of aromatic nitrogens is 1. The van der Waals surface area contributed by atoms with Crippen molar-refractivity contribution in [2.45, 2.75) is 38.5 Å². The van der Waals surface area contributed by atoms with Gasteiger partial charge in [-0.3, -0.25) is 14.6 Å². The lowest BCUT2D eigenvalue weighted by molar-refractivity contribution is -0.132. The number of hydrogen-bond acceptors (Lipinski definition) is 3. The van der Waals surface area contributed by atoms with Gasteiger partial charge in [0.15, 0.2) is 0 Å². The molecule has 2 fully saturated rings. The van der Waals surface area contributed by atoms with Crippen LogP contribution in [0.2, 0.25) is 0 Å². The molecule has 134 valence electrons. The average Bonchev–Trinajstić information content (AvgIpc) is 3.01. The molecule has 1 aliphatic heterocycles. The minimum Gasteiger partial charge on any atom is -0.341 e. The van der Waals surface area contributed by atoms with E-state index in [1.165, 1.54) is 25.7 Å². The topological polar surface area (TPSA) is 53.5 Å². The fourth-order valence-corrected chi connectivity index (χ4v) is 3.73. The number of pyridine rings is 1. The van der Waals surface area contributed by atoms with Gasteiger partial charge in [-0.15, -0.1) is 0 Å². The van der Waals surface area contributed by atoms with Crippen LogP contribution in [0.3, 0.4) is 0 Å². The van der Waals surface area contributed by atoms with Crippen molar-refractivity contribution in [2.24, 2.45) is 5.92 Å². The second kappa shape index (κ2) is 8.79. The molecule has 2 heterocycles. The molecule has 0 N–H and O–H groups in total. The first-order valence-electron chi connectivity index (χ1n) is 9.37. The first-order valence-corrected chi connectivity index (χ1v) is 9.37. The number of amides is 2. The van der Waals surface area contributed by atoms with E-state index in [1.54, 1.807) is 24.5 Å². The van der Waals surface area contributed by atoms with E-state index >= 15 is 0 Å². The first-order chi connectivity index (χ1) is 12.2. The lowest BCUT2D eigenvalue weighted by Crippen LogP contribution is -2.37. The van der Waals surface area contributed by atoms with E-state index in [0.29, 0.717) is 32.0 Å². The molecule has 0 unspecified atom stereocenters. The summed E-state index contributed by atoms with van der Waals surface area (Å²) in [7, 11) is 0. The highest BCUT2D eigenvalue weighted by Gasteiger charge is 2.24. The SMILES string of the molecule is O=C(/C=C\c1cccnc1)N1CCCN(C(=O)CC2CCCC2)CC1. The number of carbonyl (C=O) groups excluding carboxylic acids is 2. The van der Waals surface area contributed by atoms with Crippen LogP contribution in [0, 0.1) is 5.92 Å². The highest BCUT2D eigenvalue weighted by atomic mass is 16.2. The second-order valence-corrected chi connectivity index (χ2v) is 7.03. The molecule has 25 heavy (non-hydrogen) atoms. The summed E-state index contributed by atoms with van der Waals surface area (Å²) in [6.45, 7) is 2.75. The summed E-state index contributed by atoms with van der Waals surface area (Å²) in [6.07, 6.45) is 13.3. The van der Waals surface area contributed by atoms with E-state index in [2.05, 4.69) is 4.98 Å². The molecule has 1 aromatic heterocycles. The maximum atomic E-state index is 12.5. The molecule has 1 saturated carbocycles. The zero-order valence-electron chi connectivity index (χ0n) is 14.8. The predicted molar refractivity (Wildman–Crippen MR) is 97.6 cm³/mol. The zero-order valence-corrected chi connectivity index (χ0v) is 14.8. The first kappa shape index (κ1) is 17.6. The van der Waals surface area contributed by atoms with Crippen molar-refractivity contribution in [2.75, 3.05) is 26.2 Å². The summed E-state index contributed by atoms with van der Waals surface area (Å²) < 4.78 is 0. The number of rotatable bonds is 4. The van der Waals surface area contributed by atoms with Gasteiger partial charge in [-0.1, -0.05) is 18.9 Å². The van der Waals surface area contributed by atoms with Crippen molar-refractivity contribution in [1.29, 1.82) is 0 Å². The highest BCUT2D eigenvalue weighted by Crippen LogP contribution is 2.28. The molecular weight excluding hydrogens is 314 g/mol. The van der Waals surface area contributed by atoms with Crippen molar-refractivity contribution in [3.05, 3.63) is 36.2 Å². The summed E-state index contributed by atoms with van der Waals surface area (Å²) >= 11 is 0. The normalized spacial score (nSPS) is 19.4. The molecule has 0 spiro atoms. The van der Waals surface area contributed by atoms with Crippen molar-refractivity contribution < 1.29 is 9.59 Å². The van der Waals surface area contributed by atoms with E-state index in [9.17, 15) is 9.59 Å². The third kappa shape index (κ3) is 5.15. The van der Waals surface area contributed by atoms with Crippen molar-refractivity contribution in [3.63, 3.8) is 0 Å². The van der Waals surface area contributed by atoms with E-state index in [1.807, 2.05) is 21.9 Å². The predicted octanol–water partition coefficient (Wildman–Crippen LogP) is 2.74. The molecular formula is C20H27N3O2. The quantitative estimate of drug-likeness (QED) is 0.791. The summed E-state index contributed by atoms with van der Waals surface area (Å²) in [6, 6.07) is 3.77. The van der Waals surface area contributed by atoms with Crippen LogP contribution in [0.4, 0.5) is 0 Å². The maximum Gasteiger partial charge on any atom is 0.246 e. The number of hydrogen-bond donors (Lipinski definition) is 0. The van der Waals surface area contributed by atoms with Crippen LogP contribution >= 0.6 is 0 Å². The zero-order chi connectivity index (χ0) is 17.5. The summed E-state index contributed by atoms with van der Waals surface area (Å²) in [5.74, 6) is 0.858. The van der Waals surface area contributed by atoms with Gasteiger partial charge in [0.05, 0.1) is 0 Å². The molecule has 2 amide bonds. The fraction of sp³-hybridized carbons (Fsp3) is 0.550. The molecule has 3 rings (SSSR count). The number of nitrogens with zero attached hydrogens (tertiary/aromatic N) is 3. The van der Waals surface area contributed by atoms with E-state index < -0.39 is 0 Å². The third-order valence-electron chi connectivity index (χ3n) is 5.20. The Labute approximate surface area is 149 Å². The van der Waals surface area contributed by atoms with Gasteiger partial charge in [0.1, 0.15) is 0 Å². The van der Waals surface area contributed by atoms with Crippen LogP contribution in [0.15, 0.2) is 30.6 Å². The summed E-state index contributed by atoms with van der Waals surface area (Å²) in [5, 5.41) is 0. The van der Waals surface area contributed by atoms with Crippen LogP contribution < -0.4 is 0 Å². The van der Waals surface area contributed by atoms with Crippen LogP contribution in [-0.2, 0) is 9.59 Å². The van der Waals surface area contributed by atoms with Crippen LogP contribution in [0.1, 0.15) is 44.1 Å². The van der Waals surface area contributed by atoms with Crippen molar-refractivity contribution in [1.82, 2.24) is 14.8 Å². The summed E-state index contributed by atoms with van der Waals surface area (Å²) in [4.78, 5) is 32.7. The van der Waals surface area contributed by atoms with Gasteiger partial charge >= 0.3 is 0 Å². The maximum absolute atomic E-state index is 12.5. The van der Waals surface area contributed by atoms with Crippen molar-refractivity contribution >= 4 is 17.9 Å². The Hall–Kier alpha value is -2.17. The molecule has 1 aliphatic carbocycles. The minimum atomic E-state index is 0.00828. The standard InChI is InChI=1S/C20H27N3O2/c24-19(9-8-18-7-3-10-21-16-18)22-11-4-12-23(14-13-22)20(25)15-17-5-1-2-6-17/h3,7-10,16-17H,1-2,4-6,11-15H2/b9-8-. The van der Waals surface area contributed by atoms with Gasteiger partial charge in [0.25, 0.3) is 0 Å². The van der Waals surface area contributed by atoms with Gasteiger partial charge in [0, 0.05) is 51.1 Å². The molecule has 5 heteroatoms. The monoisotopic (exact) mass is 341 g/mol. The lowest BCUT2D eigenvalue weighted by atomic mass is 10.0. The summed E-state index contributed by atoms with van der Waals surface area (Å²) in [5.41, 5.74) is 0.916. The van der Waals surface area contributed by atoms with Gasteiger partial charge < -0.3 is 9.80 Å². The Morgan fingerprint density at radius 1 is 1.08 bits per heavy atom. The largest absolute Gasteiger partial charge is 0.341 e. The van der Waals surface area contributed by atoms with E-state index in [4.69, 9.17) is 0 Å². The Bertz CT molecular complexity index is 609. The van der Waals surface area contributed by atoms with Gasteiger partial charge in [-0.2, -0.15) is 0 Å². The Morgan fingerprint density at radius 3 is 2.60 bits per heavy atom. The minimum absolute atomic E-state index is 0.00828. The lowest BCUT2D eigenvalue weighted by Gasteiger charge is -2.22. The second-order valence-electron chi connectivity index (χ2n) is 7.03. The Kier molecular flexibility index (Phi) is 6.20. The van der Waals surface area contributed by atoms with Gasteiger partial charge in [0.2, 0.25) is 11.8 Å². The average molecular weight is 341 g/mol. The molecule has 0 atom stereocenters. The van der Waals surface area contributed by atoms with E-state index in [-0.39, 0.29) is 11.8 Å². The van der Waals surface area contributed by atoms with Gasteiger partial charge in [-0.05, 0) is 42.9 Å². The third-order valence-corrected chi connectivity index (χ3v) is 5.20. The molecule has 0 aromatic carbocycles. The van der Waals surface area contributed by atoms with E-state index in [0.717, 1.165) is 18.5 Å². The van der Waals surface area contributed by atoms with Crippen LogP contribution in [-0.4, -0.2) is 52.8 Å². The highest BCUT2D eigenvalue weighted by molar-refractivity contribution is 5.91. The van der Waals surface area contributed by atoms with Crippen LogP contribution in [0.25, 0.3) is 6.08 Å². The number of carbonyl (C=O) groups is 2. The molecule has 0 bridgehead atoms. The smallest absolute Gasteiger partial charge is 0.246 e. The Balaban J connectivity index is 1.49. The molecule has 1 aromatic rings. The fourth-order valence-electron chi connectivity index (χ4n) is 3.73.